The Labute approximate surface area is 232 Å². The van der Waals surface area contributed by atoms with Crippen LogP contribution in [0.25, 0.3) is 0 Å². The fourth-order valence-electron chi connectivity index (χ4n) is 5.69. The monoisotopic (exact) mass is 639 g/mol. The molecule has 3 aliphatic rings. The van der Waals surface area contributed by atoms with Crippen molar-refractivity contribution in [3.05, 3.63) is 51.6 Å². The number of aliphatic hydroxyl groups is 3. The van der Waals surface area contributed by atoms with Gasteiger partial charge in [-0.15, -0.1) is 0 Å². The summed E-state index contributed by atoms with van der Waals surface area (Å²) in [4.78, 5) is 13.6. The first kappa shape index (κ1) is 27.3. The Hall–Kier alpha value is -2.29. The number of phenols is 2. The van der Waals surface area contributed by atoms with Crippen LogP contribution in [-0.2, 0) is 15.9 Å². The quantitative estimate of drug-likeness (QED) is 0.143. The normalized spacial score (nSPS) is 32.4. The lowest BCUT2D eigenvalue weighted by atomic mass is 9.72. The van der Waals surface area contributed by atoms with Gasteiger partial charge in [-0.05, 0) is 19.4 Å². The maximum Gasteiger partial charge on any atom is 0.198 e. The topological polar surface area (TPSA) is 170 Å². The van der Waals surface area contributed by atoms with Crippen LogP contribution in [0.1, 0.15) is 71.0 Å². The number of aliphatic hydroxyl groups excluding tert-OH is 2. The average Bonchev–Trinajstić information content (AvgIpc) is 2.90. The van der Waals surface area contributed by atoms with Crippen LogP contribution in [0.15, 0.2) is 18.2 Å². The number of carbonyl (C=O) groups excluding carboxylic acids is 1. The van der Waals surface area contributed by atoms with Crippen molar-refractivity contribution in [1.82, 2.24) is 0 Å². The third-order valence-electron chi connectivity index (χ3n) is 7.92. The van der Waals surface area contributed by atoms with Crippen molar-refractivity contribution in [2.45, 2.75) is 73.3 Å². The summed E-state index contributed by atoms with van der Waals surface area (Å²) in [5, 5.41) is 64.0. The largest absolute Gasteiger partial charge is 0.507 e. The van der Waals surface area contributed by atoms with E-state index in [9.17, 15) is 30.3 Å². The van der Waals surface area contributed by atoms with Gasteiger partial charge in [0.2, 0.25) is 0 Å². The Morgan fingerprint density at radius 1 is 1.16 bits per heavy atom. The molecule has 0 bridgehead atoms. The summed E-state index contributed by atoms with van der Waals surface area (Å²) >= 11 is 1.92. The second-order valence-electron chi connectivity index (χ2n) is 10.1. The highest BCUT2D eigenvalue weighted by molar-refractivity contribution is 14.1. The van der Waals surface area contributed by atoms with E-state index in [1.807, 2.05) is 22.6 Å². The summed E-state index contributed by atoms with van der Waals surface area (Å²) in [5.74, 6) is -1.12. The molecular weight excluding hydrogens is 609 g/mol. The maximum absolute atomic E-state index is 13.6. The molecule has 0 spiro atoms. The van der Waals surface area contributed by atoms with Crippen LogP contribution in [0, 0.1) is 5.41 Å². The fourth-order valence-corrected chi connectivity index (χ4v) is 6.45. The predicted molar refractivity (Wildman–Crippen MR) is 144 cm³/mol. The van der Waals surface area contributed by atoms with Crippen molar-refractivity contribution in [3.8, 4) is 17.2 Å². The minimum absolute atomic E-state index is 0.0275. The molecule has 6 N–H and O–H groups in total. The van der Waals surface area contributed by atoms with Crippen molar-refractivity contribution >= 4 is 34.1 Å². The number of ketones is 1. The molecular formula is C27H30INO9. The van der Waals surface area contributed by atoms with Crippen molar-refractivity contribution in [3.63, 3.8) is 0 Å². The number of alkyl halides is 1. The van der Waals surface area contributed by atoms with E-state index in [1.165, 1.54) is 13.2 Å². The molecule has 38 heavy (non-hydrogen) atoms. The van der Waals surface area contributed by atoms with Crippen LogP contribution in [0.2, 0.25) is 0 Å². The number of aromatic hydroxyl groups is 2. The summed E-state index contributed by atoms with van der Waals surface area (Å²) in [5.41, 5.74) is -1.20. The number of hydrogen-bond acceptors (Lipinski definition) is 10. The number of carbonyl (C=O) groups is 1. The van der Waals surface area contributed by atoms with Gasteiger partial charge in [-0.2, -0.15) is 0 Å². The zero-order chi connectivity index (χ0) is 27.7. The molecule has 1 saturated heterocycles. The van der Waals surface area contributed by atoms with Gasteiger partial charge >= 0.3 is 0 Å². The molecule has 0 unspecified atom stereocenters. The van der Waals surface area contributed by atoms with Crippen molar-refractivity contribution < 1.29 is 44.5 Å². The summed E-state index contributed by atoms with van der Waals surface area (Å²) in [6.45, 7) is 3.38. The summed E-state index contributed by atoms with van der Waals surface area (Å²) < 4.78 is 16.8. The zero-order valence-electron chi connectivity index (χ0n) is 21.1. The zero-order valence-corrected chi connectivity index (χ0v) is 23.2. The number of halogens is 1. The van der Waals surface area contributed by atoms with Gasteiger partial charge in [0.1, 0.15) is 23.4 Å². The average molecular weight is 639 g/mol. The van der Waals surface area contributed by atoms with Crippen LogP contribution in [0.3, 0.4) is 0 Å². The number of nitrogens with one attached hydrogen (secondary N) is 1. The highest BCUT2D eigenvalue weighted by Gasteiger charge is 2.48. The van der Waals surface area contributed by atoms with E-state index in [2.05, 4.69) is 0 Å². The summed E-state index contributed by atoms with van der Waals surface area (Å²) in [6.07, 6.45) is -4.75. The number of methoxy groups -OCH3 is 1. The molecule has 1 fully saturated rings. The summed E-state index contributed by atoms with van der Waals surface area (Å²) in [7, 11) is 1.42. The van der Waals surface area contributed by atoms with Crippen LogP contribution in [-0.4, -0.2) is 78.3 Å². The van der Waals surface area contributed by atoms with Gasteiger partial charge in [-0.1, -0.05) is 41.6 Å². The van der Waals surface area contributed by atoms with Crippen molar-refractivity contribution in [1.29, 1.82) is 5.41 Å². The molecule has 2 aromatic carbocycles. The van der Waals surface area contributed by atoms with Crippen molar-refractivity contribution in [2.24, 2.45) is 0 Å². The molecule has 0 saturated carbocycles. The Balaban J connectivity index is 1.67. The number of phenolic OH excluding ortho intramolecular Hbond substituents is 2. The lowest BCUT2D eigenvalue weighted by molar-refractivity contribution is -0.259. The van der Waals surface area contributed by atoms with E-state index in [0.29, 0.717) is 6.42 Å². The van der Waals surface area contributed by atoms with E-state index in [-0.39, 0.29) is 57.7 Å². The molecule has 2 aromatic rings. The first-order valence-corrected chi connectivity index (χ1v) is 13.6. The Kier molecular flexibility index (Phi) is 6.98. The lowest BCUT2D eigenvalue weighted by Gasteiger charge is -2.44. The van der Waals surface area contributed by atoms with Gasteiger partial charge in [0.25, 0.3) is 0 Å². The third-order valence-corrected chi connectivity index (χ3v) is 9.25. The molecule has 204 valence electrons. The Morgan fingerprint density at radius 3 is 2.53 bits per heavy atom. The molecule has 5 rings (SSSR count). The fraction of sp³-hybridized carbons (Fsp3) is 0.481. The standard InChI is InChI=1S/C27H30INO9/c1-4-27(35)8-12-16(14(9-27)38-26-19(28)25(34)21(30)10(2)37-26)24(33)17-18(23(12)32)22(31)11-6-5-7-13(36-3)15(11)20(17)29/h5-7,10,14,19,21,25-26,29-30,32-35H,4,8-9H2,1-3H3/t10-,14-,19+,21-,25-,26-,27-/m0/s1. The van der Waals surface area contributed by atoms with E-state index in [0.717, 1.165) is 0 Å². The Bertz CT molecular complexity index is 1330. The molecule has 2 aliphatic carbocycles. The van der Waals surface area contributed by atoms with Gasteiger partial charge in [0.15, 0.2) is 12.1 Å². The highest BCUT2D eigenvalue weighted by atomic mass is 127. The van der Waals surface area contributed by atoms with Gasteiger partial charge in [-0.3, -0.25) is 10.2 Å². The van der Waals surface area contributed by atoms with Crippen LogP contribution < -0.4 is 4.74 Å². The van der Waals surface area contributed by atoms with Crippen LogP contribution in [0.5, 0.6) is 17.2 Å². The van der Waals surface area contributed by atoms with E-state index in [1.54, 1.807) is 26.0 Å². The van der Waals surface area contributed by atoms with E-state index < -0.39 is 57.5 Å². The molecule has 0 aromatic heterocycles. The predicted octanol–water partition coefficient (Wildman–Crippen LogP) is 2.48. The Morgan fingerprint density at radius 2 is 1.87 bits per heavy atom. The molecule has 11 heteroatoms. The number of rotatable bonds is 4. The smallest absolute Gasteiger partial charge is 0.198 e. The van der Waals surface area contributed by atoms with E-state index in [4.69, 9.17) is 19.6 Å². The van der Waals surface area contributed by atoms with Crippen LogP contribution in [0.4, 0.5) is 0 Å². The maximum atomic E-state index is 13.6. The summed E-state index contributed by atoms with van der Waals surface area (Å²) in [6, 6.07) is 4.75. The van der Waals surface area contributed by atoms with Gasteiger partial charge < -0.3 is 39.7 Å². The van der Waals surface area contributed by atoms with Crippen LogP contribution >= 0.6 is 22.6 Å². The molecule has 7 atom stereocenters. The van der Waals surface area contributed by atoms with Gasteiger partial charge in [-0.25, -0.2) is 0 Å². The second kappa shape index (κ2) is 9.72. The number of benzene rings is 2. The second-order valence-corrected chi connectivity index (χ2v) is 11.6. The van der Waals surface area contributed by atoms with Gasteiger partial charge in [0.05, 0.1) is 57.3 Å². The molecule has 10 nitrogen and oxygen atoms in total. The molecule has 0 radical (unpaired) electrons. The first-order valence-electron chi connectivity index (χ1n) is 12.4. The SMILES string of the molecule is CC[C@]1(O)Cc2c(O)c3c(c(O)c2[C@@H](O[C@@H]2O[C@@H](C)[C@H](O)[C@@H](O)[C@H]2I)C1)C(=N)c1c(OC)cccc1C3=O. The van der Waals surface area contributed by atoms with Crippen molar-refractivity contribution in [2.75, 3.05) is 7.11 Å². The first-order chi connectivity index (χ1) is 17.9. The molecule has 1 aliphatic heterocycles. The minimum atomic E-state index is -1.33. The lowest BCUT2D eigenvalue weighted by Crippen LogP contribution is -2.55. The number of hydrogen-bond donors (Lipinski definition) is 6. The van der Waals surface area contributed by atoms with Gasteiger partial charge in [0, 0.05) is 29.5 Å². The molecule has 0 amide bonds. The number of fused-ring (bicyclic) bond motifs is 3. The van der Waals surface area contributed by atoms with E-state index >= 15 is 0 Å². The highest BCUT2D eigenvalue weighted by Crippen LogP contribution is 2.53. The minimum Gasteiger partial charge on any atom is -0.507 e. The third kappa shape index (κ3) is 4.02. The number of ether oxygens (including phenoxy) is 3. The molecule has 1 heterocycles.